The number of nitrogens with zero attached hydrogens (tertiary/aromatic N) is 1. The Hall–Kier alpha value is -2.29. The number of hydrogen-bond acceptors (Lipinski definition) is 6. The molecule has 0 radical (unpaired) electrons. The number of fused-ring (bicyclic) bond motifs is 1. The third kappa shape index (κ3) is 3.64. The van der Waals surface area contributed by atoms with Crippen molar-refractivity contribution in [1.29, 1.82) is 0 Å². The van der Waals surface area contributed by atoms with Crippen LogP contribution < -0.4 is 16.0 Å². The summed E-state index contributed by atoms with van der Waals surface area (Å²) in [5.41, 5.74) is 2.77. The Morgan fingerprint density at radius 3 is 2.83 bits per heavy atom. The van der Waals surface area contributed by atoms with E-state index in [0.717, 1.165) is 43.6 Å². The summed E-state index contributed by atoms with van der Waals surface area (Å²) in [6, 6.07) is 5.30. The fourth-order valence-electron chi connectivity index (χ4n) is 5.05. The molecule has 1 aromatic rings. The smallest absolute Gasteiger partial charge is 0.255 e. The first-order chi connectivity index (χ1) is 14.5. The SMILES string of the molecule is O=C1CCC(N2Cc3cc(CNCC4CCCC5(CNC5)O4)ccc3C2=O)C(=O)N1. The van der Waals surface area contributed by atoms with Crippen LogP contribution in [0.25, 0.3) is 0 Å². The molecule has 8 heteroatoms. The fraction of sp³-hybridized carbons (Fsp3) is 0.591. The van der Waals surface area contributed by atoms with Crippen molar-refractivity contribution in [1.82, 2.24) is 20.9 Å². The lowest BCUT2D eigenvalue weighted by Crippen LogP contribution is -2.64. The fourth-order valence-corrected chi connectivity index (χ4v) is 5.05. The zero-order chi connectivity index (χ0) is 20.7. The Labute approximate surface area is 175 Å². The van der Waals surface area contributed by atoms with Crippen molar-refractivity contribution in [3.05, 3.63) is 34.9 Å². The third-order valence-corrected chi connectivity index (χ3v) is 6.76. The minimum absolute atomic E-state index is 0.0675. The molecule has 8 nitrogen and oxygen atoms in total. The lowest BCUT2D eigenvalue weighted by atomic mass is 9.86. The Bertz CT molecular complexity index is 882. The van der Waals surface area contributed by atoms with Gasteiger partial charge in [0, 0.05) is 44.7 Å². The number of imide groups is 1. The molecule has 0 aliphatic carbocycles. The molecule has 0 bridgehead atoms. The van der Waals surface area contributed by atoms with Crippen LogP contribution in [0.1, 0.15) is 53.6 Å². The van der Waals surface area contributed by atoms with E-state index in [9.17, 15) is 14.4 Å². The van der Waals surface area contributed by atoms with Crippen molar-refractivity contribution in [2.45, 2.75) is 62.9 Å². The summed E-state index contributed by atoms with van der Waals surface area (Å²) in [4.78, 5) is 37.9. The maximum atomic E-state index is 12.8. The number of nitrogens with one attached hydrogen (secondary N) is 3. The molecule has 1 spiro atoms. The highest BCUT2D eigenvalue weighted by molar-refractivity contribution is 6.05. The van der Waals surface area contributed by atoms with Crippen molar-refractivity contribution >= 4 is 17.7 Å². The molecule has 0 aromatic heterocycles. The van der Waals surface area contributed by atoms with Crippen LogP contribution in [0, 0.1) is 0 Å². The van der Waals surface area contributed by atoms with E-state index in [4.69, 9.17) is 4.74 Å². The minimum Gasteiger partial charge on any atom is -0.368 e. The molecule has 0 saturated carbocycles. The molecule has 2 unspecified atom stereocenters. The lowest BCUT2D eigenvalue weighted by molar-refractivity contribution is -0.151. The zero-order valence-corrected chi connectivity index (χ0v) is 17.0. The highest BCUT2D eigenvalue weighted by Crippen LogP contribution is 2.32. The molecule has 4 aliphatic rings. The summed E-state index contributed by atoms with van der Waals surface area (Å²) >= 11 is 0. The molecule has 2 atom stereocenters. The number of rotatable bonds is 5. The van der Waals surface area contributed by atoms with Crippen LogP contribution in [0.15, 0.2) is 18.2 Å². The van der Waals surface area contributed by atoms with Gasteiger partial charge in [-0.05, 0) is 42.9 Å². The second kappa shape index (κ2) is 7.76. The second-order valence-electron chi connectivity index (χ2n) is 8.94. The van der Waals surface area contributed by atoms with Crippen molar-refractivity contribution in [2.24, 2.45) is 0 Å². The van der Waals surface area contributed by atoms with E-state index in [1.165, 1.54) is 6.42 Å². The average molecular weight is 412 g/mol. The van der Waals surface area contributed by atoms with Gasteiger partial charge in [0.05, 0.1) is 11.7 Å². The molecule has 3 fully saturated rings. The number of amides is 3. The number of piperidine rings is 1. The molecule has 4 heterocycles. The van der Waals surface area contributed by atoms with E-state index in [1.54, 1.807) is 4.90 Å². The largest absolute Gasteiger partial charge is 0.368 e. The lowest BCUT2D eigenvalue weighted by Gasteiger charge is -2.48. The standard InChI is InChI=1S/C22H28N4O4/c27-19-6-5-18(20(28)25-19)26-11-15-8-14(3-4-17(15)21(26)29)9-23-10-16-2-1-7-22(30-16)12-24-13-22/h3-4,8,16,18,23-24H,1-2,5-7,9-13H2,(H,25,27,28). The van der Waals surface area contributed by atoms with Gasteiger partial charge in [-0.3, -0.25) is 19.7 Å². The summed E-state index contributed by atoms with van der Waals surface area (Å²) in [7, 11) is 0. The van der Waals surface area contributed by atoms with Crippen LogP contribution in [0.5, 0.6) is 0 Å². The Morgan fingerprint density at radius 1 is 1.20 bits per heavy atom. The quantitative estimate of drug-likeness (QED) is 0.608. The Kier molecular flexibility index (Phi) is 5.08. The maximum absolute atomic E-state index is 12.8. The monoisotopic (exact) mass is 412 g/mol. The minimum atomic E-state index is -0.569. The maximum Gasteiger partial charge on any atom is 0.255 e. The summed E-state index contributed by atoms with van der Waals surface area (Å²) in [5, 5.41) is 9.16. The molecular weight excluding hydrogens is 384 g/mol. The van der Waals surface area contributed by atoms with E-state index in [2.05, 4.69) is 16.0 Å². The molecule has 3 saturated heterocycles. The summed E-state index contributed by atoms with van der Waals surface area (Å²) in [6.45, 7) is 3.87. The second-order valence-corrected chi connectivity index (χ2v) is 8.94. The van der Waals surface area contributed by atoms with Crippen LogP contribution >= 0.6 is 0 Å². The molecule has 5 rings (SSSR count). The molecule has 160 valence electrons. The Morgan fingerprint density at radius 2 is 2.07 bits per heavy atom. The summed E-state index contributed by atoms with van der Waals surface area (Å²) in [5.74, 6) is -0.773. The van der Waals surface area contributed by atoms with E-state index >= 15 is 0 Å². The van der Waals surface area contributed by atoms with Gasteiger partial charge in [0.25, 0.3) is 5.91 Å². The zero-order valence-electron chi connectivity index (χ0n) is 17.0. The van der Waals surface area contributed by atoms with Gasteiger partial charge in [0.1, 0.15) is 6.04 Å². The summed E-state index contributed by atoms with van der Waals surface area (Å²) in [6.07, 6.45) is 4.36. The van der Waals surface area contributed by atoms with Gasteiger partial charge in [0.2, 0.25) is 11.8 Å². The highest BCUT2D eigenvalue weighted by Gasteiger charge is 2.42. The van der Waals surface area contributed by atoms with Gasteiger partial charge in [-0.1, -0.05) is 12.1 Å². The highest BCUT2D eigenvalue weighted by atomic mass is 16.5. The van der Waals surface area contributed by atoms with Gasteiger partial charge in [0.15, 0.2) is 0 Å². The number of carbonyl (C=O) groups is 3. The molecule has 30 heavy (non-hydrogen) atoms. The van der Waals surface area contributed by atoms with Gasteiger partial charge in [-0.15, -0.1) is 0 Å². The normalized spacial score (nSPS) is 27.7. The van der Waals surface area contributed by atoms with E-state index in [0.29, 0.717) is 25.1 Å². The van der Waals surface area contributed by atoms with Crippen LogP contribution in [-0.4, -0.2) is 60.0 Å². The first-order valence-corrected chi connectivity index (χ1v) is 10.9. The molecule has 3 amide bonds. The van der Waals surface area contributed by atoms with E-state index in [1.807, 2.05) is 18.2 Å². The van der Waals surface area contributed by atoms with Gasteiger partial charge >= 0.3 is 0 Å². The van der Waals surface area contributed by atoms with Crippen LogP contribution in [-0.2, 0) is 27.4 Å². The molecule has 4 aliphatic heterocycles. The first kappa shape index (κ1) is 19.7. The van der Waals surface area contributed by atoms with Gasteiger partial charge < -0.3 is 20.3 Å². The predicted octanol–water partition coefficient (Wildman–Crippen LogP) is 0.448. The predicted molar refractivity (Wildman–Crippen MR) is 109 cm³/mol. The van der Waals surface area contributed by atoms with Crippen molar-refractivity contribution in [3.8, 4) is 0 Å². The number of benzene rings is 1. The molecular formula is C22H28N4O4. The number of carbonyl (C=O) groups excluding carboxylic acids is 3. The third-order valence-electron chi connectivity index (χ3n) is 6.76. The summed E-state index contributed by atoms with van der Waals surface area (Å²) < 4.78 is 6.30. The van der Waals surface area contributed by atoms with Gasteiger partial charge in [-0.25, -0.2) is 0 Å². The number of hydrogen-bond donors (Lipinski definition) is 3. The average Bonchev–Trinajstić information content (AvgIpc) is 3.03. The van der Waals surface area contributed by atoms with Crippen molar-refractivity contribution in [3.63, 3.8) is 0 Å². The van der Waals surface area contributed by atoms with Crippen LogP contribution in [0.3, 0.4) is 0 Å². The molecule has 3 N–H and O–H groups in total. The van der Waals surface area contributed by atoms with Crippen LogP contribution in [0.4, 0.5) is 0 Å². The number of ether oxygens (including phenoxy) is 1. The van der Waals surface area contributed by atoms with Crippen molar-refractivity contribution < 1.29 is 19.1 Å². The van der Waals surface area contributed by atoms with Crippen molar-refractivity contribution in [2.75, 3.05) is 19.6 Å². The Balaban J connectivity index is 1.17. The van der Waals surface area contributed by atoms with Crippen LogP contribution in [0.2, 0.25) is 0 Å². The van der Waals surface area contributed by atoms with E-state index in [-0.39, 0.29) is 35.8 Å². The molecule has 1 aromatic carbocycles. The van der Waals surface area contributed by atoms with E-state index < -0.39 is 6.04 Å². The van der Waals surface area contributed by atoms with Gasteiger partial charge in [-0.2, -0.15) is 0 Å². The topological polar surface area (TPSA) is 99.8 Å². The first-order valence-electron chi connectivity index (χ1n) is 10.9.